The maximum absolute atomic E-state index is 4.25. The van der Waals surface area contributed by atoms with Crippen molar-refractivity contribution in [1.82, 2.24) is 15.0 Å². The van der Waals surface area contributed by atoms with E-state index < -0.39 is 0 Å². The van der Waals surface area contributed by atoms with Crippen LogP contribution in [0.4, 0.5) is 0 Å². The van der Waals surface area contributed by atoms with Crippen molar-refractivity contribution in [3.8, 4) is 11.3 Å². The predicted octanol–water partition coefficient (Wildman–Crippen LogP) is 3.06. The molecule has 70 valence electrons. The van der Waals surface area contributed by atoms with Crippen molar-refractivity contribution in [3.05, 3.63) is 39.9 Å². The average Bonchev–Trinajstić information content (AvgIpc) is 2.23. The van der Waals surface area contributed by atoms with Crippen molar-refractivity contribution in [2.45, 2.75) is 0 Å². The zero-order chi connectivity index (χ0) is 9.97. The molecular weight excluding hydrogens is 310 g/mol. The zero-order valence-electron chi connectivity index (χ0n) is 6.98. The number of rotatable bonds is 1. The summed E-state index contributed by atoms with van der Waals surface area (Å²) in [5, 5.41) is 0. The summed E-state index contributed by atoms with van der Waals surface area (Å²) < 4.78 is 1.88. The molecule has 0 unspecified atom stereocenters. The zero-order valence-corrected chi connectivity index (χ0v) is 10.2. The molecule has 0 atom stereocenters. The summed E-state index contributed by atoms with van der Waals surface area (Å²) >= 11 is 6.87. The molecule has 0 saturated heterocycles. The third-order valence-corrected chi connectivity index (χ3v) is 3.67. The number of nitrogens with zero attached hydrogens (tertiary/aromatic N) is 3. The molecule has 0 fully saturated rings. The highest BCUT2D eigenvalue weighted by molar-refractivity contribution is 9.13. The number of hydrogen-bond donors (Lipinski definition) is 0. The second kappa shape index (κ2) is 4.14. The topological polar surface area (TPSA) is 38.7 Å². The minimum atomic E-state index is 0.833. The van der Waals surface area contributed by atoms with E-state index in [1.165, 1.54) is 6.33 Å². The van der Waals surface area contributed by atoms with E-state index in [2.05, 4.69) is 46.8 Å². The Morgan fingerprint density at radius 2 is 1.79 bits per heavy atom. The number of halogens is 2. The molecule has 14 heavy (non-hydrogen) atoms. The van der Waals surface area contributed by atoms with Gasteiger partial charge in [-0.1, -0.05) is 0 Å². The first kappa shape index (κ1) is 9.73. The standard InChI is InChI=1S/C9H5Br2N3/c10-7-1-2-14-9(8(7)11)6-3-12-5-13-4-6/h1-5H. The molecule has 2 aromatic rings. The van der Waals surface area contributed by atoms with Gasteiger partial charge in [0.05, 0.1) is 10.2 Å². The molecule has 0 bridgehead atoms. The SMILES string of the molecule is Brc1ccnc(-c2cncnc2)c1Br. The Balaban J connectivity index is 2.58. The van der Waals surface area contributed by atoms with Crippen LogP contribution in [0.1, 0.15) is 0 Å². The Morgan fingerprint density at radius 3 is 2.50 bits per heavy atom. The maximum Gasteiger partial charge on any atom is 0.115 e. The van der Waals surface area contributed by atoms with Crippen LogP contribution in [0, 0.1) is 0 Å². The van der Waals surface area contributed by atoms with Crippen LogP contribution >= 0.6 is 31.9 Å². The molecular formula is C9H5Br2N3. The highest BCUT2D eigenvalue weighted by Gasteiger charge is 2.07. The van der Waals surface area contributed by atoms with Crippen LogP contribution in [-0.2, 0) is 0 Å². The number of hydrogen-bond acceptors (Lipinski definition) is 3. The first-order valence-corrected chi connectivity index (χ1v) is 5.43. The van der Waals surface area contributed by atoms with Crippen LogP contribution < -0.4 is 0 Å². The van der Waals surface area contributed by atoms with E-state index >= 15 is 0 Å². The van der Waals surface area contributed by atoms with Gasteiger partial charge in [-0.2, -0.15) is 0 Å². The summed E-state index contributed by atoms with van der Waals surface area (Å²) in [6.07, 6.45) is 6.69. The second-order valence-electron chi connectivity index (χ2n) is 2.58. The normalized spacial score (nSPS) is 10.1. The lowest BCUT2D eigenvalue weighted by Gasteiger charge is -2.03. The van der Waals surface area contributed by atoms with E-state index in [4.69, 9.17) is 0 Å². The molecule has 5 heteroatoms. The van der Waals surface area contributed by atoms with E-state index in [1.54, 1.807) is 18.6 Å². The Kier molecular flexibility index (Phi) is 2.88. The van der Waals surface area contributed by atoms with Gasteiger partial charge in [0.25, 0.3) is 0 Å². The van der Waals surface area contributed by atoms with Gasteiger partial charge in [-0.05, 0) is 37.9 Å². The molecule has 0 aliphatic rings. The highest BCUT2D eigenvalue weighted by atomic mass is 79.9. The quantitative estimate of drug-likeness (QED) is 0.812. The van der Waals surface area contributed by atoms with Crippen molar-refractivity contribution in [3.63, 3.8) is 0 Å². The minimum absolute atomic E-state index is 0.833. The van der Waals surface area contributed by atoms with Gasteiger partial charge in [-0.15, -0.1) is 0 Å². The Morgan fingerprint density at radius 1 is 1.07 bits per heavy atom. The van der Waals surface area contributed by atoms with E-state index in [0.29, 0.717) is 0 Å². The Bertz CT molecular complexity index is 445. The first-order valence-electron chi connectivity index (χ1n) is 3.84. The van der Waals surface area contributed by atoms with Gasteiger partial charge in [0.2, 0.25) is 0 Å². The first-order chi connectivity index (χ1) is 6.79. The summed E-state index contributed by atoms with van der Waals surface area (Å²) in [6, 6.07) is 1.87. The molecule has 3 nitrogen and oxygen atoms in total. The van der Waals surface area contributed by atoms with E-state index in [1.807, 2.05) is 6.07 Å². The average molecular weight is 315 g/mol. The van der Waals surface area contributed by atoms with Gasteiger partial charge in [-0.25, -0.2) is 9.97 Å². The van der Waals surface area contributed by atoms with Crippen molar-refractivity contribution < 1.29 is 0 Å². The van der Waals surface area contributed by atoms with E-state index in [0.717, 1.165) is 20.2 Å². The van der Waals surface area contributed by atoms with Crippen molar-refractivity contribution >= 4 is 31.9 Å². The smallest absolute Gasteiger partial charge is 0.115 e. The highest BCUT2D eigenvalue weighted by Crippen LogP contribution is 2.31. The Hall–Kier alpha value is -0.810. The van der Waals surface area contributed by atoms with Gasteiger partial charge < -0.3 is 0 Å². The predicted molar refractivity (Wildman–Crippen MR) is 60.7 cm³/mol. The Labute approximate surface area is 97.9 Å². The van der Waals surface area contributed by atoms with Crippen molar-refractivity contribution in [2.75, 3.05) is 0 Å². The maximum atomic E-state index is 4.25. The van der Waals surface area contributed by atoms with Gasteiger partial charge in [-0.3, -0.25) is 4.98 Å². The summed E-state index contributed by atoms with van der Waals surface area (Å²) in [7, 11) is 0. The van der Waals surface area contributed by atoms with Gasteiger partial charge in [0.15, 0.2) is 0 Å². The van der Waals surface area contributed by atoms with Crippen molar-refractivity contribution in [1.29, 1.82) is 0 Å². The van der Waals surface area contributed by atoms with Crippen LogP contribution in [-0.4, -0.2) is 15.0 Å². The van der Waals surface area contributed by atoms with Crippen LogP contribution in [0.2, 0.25) is 0 Å². The summed E-state index contributed by atoms with van der Waals surface area (Å²) in [6.45, 7) is 0. The molecule has 0 aliphatic heterocycles. The van der Waals surface area contributed by atoms with Crippen LogP contribution in [0.3, 0.4) is 0 Å². The second-order valence-corrected chi connectivity index (χ2v) is 4.23. The van der Waals surface area contributed by atoms with Gasteiger partial charge in [0, 0.05) is 28.6 Å². The van der Waals surface area contributed by atoms with Crippen LogP contribution in [0.5, 0.6) is 0 Å². The third kappa shape index (κ3) is 1.83. The fraction of sp³-hybridized carbons (Fsp3) is 0. The lowest BCUT2D eigenvalue weighted by Crippen LogP contribution is -1.87. The molecule has 0 radical (unpaired) electrons. The molecule has 0 spiro atoms. The lowest BCUT2D eigenvalue weighted by atomic mass is 10.2. The van der Waals surface area contributed by atoms with Crippen LogP contribution in [0.25, 0.3) is 11.3 Å². The third-order valence-electron chi connectivity index (χ3n) is 1.68. The number of aromatic nitrogens is 3. The van der Waals surface area contributed by atoms with E-state index in [9.17, 15) is 0 Å². The summed E-state index contributed by atoms with van der Waals surface area (Å²) in [5.41, 5.74) is 1.72. The van der Waals surface area contributed by atoms with E-state index in [-0.39, 0.29) is 0 Å². The molecule has 0 amide bonds. The van der Waals surface area contributed by atoms with Gasteiger partial charge in [0.1, 0.15) is 6.33 Å². The molecule has 2 rings (SSSR count). The largest absolute Gasteiger partial charge is 0.255 e. The van der Waals surface area contributed by atoms with Crippen LogP contribution in [0.15, 0.2) is 39.9 Å². The van der Waals surface area contributed by atoms with Gasteiger partial charge >= 0.3 is 0 Å². The summed E-state index contributed by atoms with van der Waals surface area (Å²) in [4.78, 5) is 12.1. The molecule has 0 saturated carbocycles. The summed E-state index contributed by atoms with van der Waals surface area (Å²) in [5.74, 6) is 0. The molecule has 2 heterocycles. The molecule has 2 aromatic heterocycles. The number of pyridine rings is 1. The monoisotopic (exact) mass is 313 g/mol. The van der Waals surface area contributed by atoms with Crippen molar-refractivity contribution in [2.24, 2.45) is 0 Å². The molecule has 0 aromatic carbocycles. The molecule has 0 N–H and O–H groups in total. The fourth-order valence-electron chi connectivity index (χ4n) is 1.04. The fourth-order valence-corrected chi connectivity index (χ4v) is 1.81. The minimum Gasteiger partial charge on any atom is -0.255 e. The lowest BCUT2D eigenvalue weighted by molar-refractivity contribution is 1.15. The molecule has 0 aliphatic carbocycles.